The summed E-state index contributed by atoms with van der Waals surface area (Å²) in [5.74, 6) is -6.08. The van der Waals surface area contributed by atoms with Crippen LogP contribution in [-0.2, 0) is 0 Å². The standard InChI is InChI=1S/C11H11F6N/c1-6(18-5-11(16,17)10(14)15)9-7(12)3-2-4-8(9)13/h2-4,6,10,18H,5H2,1H3. The molecule has 0 saturated carbocycles. The average molecular weight is 271 g/mol. The fourth-order valence-electron chi connectivity index (χ4n) is 1.39. The van der Waals surface area contributed by atoms with E-state index in [0.717, 1.165) is 18.2 Å². The molecule has 7 heteroatoms. The zero-order valence-electron chi connectivity index (χ0n) is 9.36. The van der Waals surface area contributed by atoms with E-state index < -0.39 is 42.1 Å². The third kappa shape index (κ3) is 3.38. The van der Waals surface area contributed by atoms with Gasteiger partial charge in [-0.15, -0.1) is 0 Å². The lowest BCUT2D eigenvalue weighted by molar-refractivity contribution is -0.126. The van der Waals surface area contributed by atoms with Crippen molar-refractivity contribution in [2.24, 2.45) is 0 Å². The van der Waals surface area contributed by atoms with Gasteiger partial charge >= 0.3 is 12.3 Å². The number of benzene rings is 1. The van der Waals surface area contributed by atoms with Gasteiger partial charge in [-0.3, -0.25) is 0 Å². The maximum Gasteiger partial charge on any atom is 0.319 e. The third-order valence-corrected chi connectivity index (χ3v) is 2.40. The molecule has 102 valence electrons. The Labute approximate surface area is 99.8 Å². The number of halogens is 6. The van der Waals surface area contributed by atoms with Gasteiger partial charge in [0.15, 0.2) is 0 Å². The van der Waals surface area contributed by atoms with Crippen LogP contribution in [0.2, 0.25) is 0 Å². The van der Waals surface area contributed by atoms with E-state index in [4.69, 9.17) is 0 Å². The van der Waals surface area contributed by atoms with Crippen LogP contribution in [0.3, 0.4) is 0 Å². The van der Waals surface area contributed by atoms with Crippen molar-refractivity contribution in [2.45, 2.75) is 25.3 Å². The molecule has 0 amide bonds. The smallest absolute Gasteiger partial charge is 0.304 e. The molecule has 0 fully saturated rings. The number of hydrogen-bond acceptors (Lipinski definition) is 1. The van der Waals surface area contributed by atoms with Gasteiger partial charge in [-0.1, -0.05) is 6.07 Å². The van der Waals surface area contributed by atoms with Crippen LogP contribution in [-0.4, -0.2) is 18.9 Å². The molecule has 18 heavy (non-hydrogen) atoms. The molecule has 1 aromatic carbocycles. The molecule has 0 aliphatic heterocycles. The minimum atomic E-state index is -4.24. The van der Waals surface area contributed by atoms with Crippen LogP contribution in [0.4, 0.5) is 26.3 Å². The van der Waals surface area contributed by atoms with Crippen LogP contribution in [0.5, 0.6) is 0 Å². The predicted molar refractivity (Wildman–Crippen MR) is 53.7 cm³/mol. The summed E-state index contributed by atoms with van der Waals surface area (Å²) in [7, 11) is 0. The SMILES string of the molecule is CC(NCC(F)(F)C(F)F)c1c(F)cccc1F. The van der Waals surface area contributed by atoms with Gasteiger partial charge in [0.05, 0.1) is 6.54 Å². The van der Waals surface area contributed by atoms with E-state index in [0.29, 0.717) is 0 Å². The summed E-state index contributed by atoms with van der Waals surface area (Å²) in [6, 6.07) is 1.90. The van der Waals surface area contributed by atoms with Crippen molar-refractivity contribution >= 4 is 0 Å². The van der Waals surface area contributed by atoms with Gasteiger partial charge in [0, 0.05) is 11.6 Å². The summed E-state index contributed by atoms with van der Waals surface area (Å²) in [6.07, 6.45) is -3.83. The lowest BCUT2D eigenvalue weighted by Gasteiger charge is -2.20. The maximum absolute atomic E-state index is 13.3. The van der Waals surface area contributed by atoms with E-state index in [1.165, 1.54) is 6.92 Å². The number of rotatable bonds is 5. The molecule has 1 nitrogen and oxygen atoms in total. The summed E-state index contributed by atoms with van der Waals surface area (Å²) in [5, 5.41) is 1.99. The van der Waals surface area contributed by atoms with Gasteiger partial charge in [-0.25, -0.2) is 17.6 Å². The molecule has 0 spiro atoms. The fraction of sp³-hybridized carbons (Fsp3) is 0.455. The van der Waals surface area contributed by atoms with Gasteiger partial charge < -0.3 is 5.32 Å². The van der Waals surface area contributed by atoms with Gasteiger partial charge in [0.25, 0.3) is 0 Å². The number of nitrogens with one attached hydrogen (secondary N) is 1. The molecule has 0 aliphatic rings. The Morgan fingerprint density at radius 3 is 2.11 bits per heavy atom. The van der Waals surface area contributed by atoms with Gasteiger partial charge in [0.1, 0.15) is 11.6 Å². The molecule has 0 aliphatic carbocycles. The van der Waals surface area contributed by atoms with Crippen LogP contribution in [0.15, 0.2) is 18.2 Å². The molecule has 0 saturated heterocycles. The summed E-state index contributed by atoms with van der Waals surface area (Å²) in [5.41, 5.74) is -0.456. The minimum Gasteiger partial charge on any atom is -0.304 e. The highest BCUT2D eigenvalue weighted by molar-refractivity contribution is 5.22. The van der Waals surface area contributed by atoms with Crippen LogP contribution in [0.1, 0.15) is 18.5 Å². The Hall–Kier alpha value is -1.24. The Morgan fingerprint density at radius 1 is 1.17 bits per heavy atom. The zero-order chi connectivity index (χ0) is 13.9. The van der Waals surface area contributed by atoms with E-state index in [-0.39, 0.29) is 0 Å². The second-order valence-electron chi connectivity index (χ2n) is 3.80. The topological polar surface area (TPSA) is 12.0 Å². The molecule has 0 radical (unpaired) electrons. The Morgan fingerprint density at radius 2 is 1.67 bits per heavy atom. The van der Waals surface area contributed by atoms with Crippen LogP contribution in [0.25, 0.3) is 0 Å². The monoisotopic (exact) mass is 271 g/mol. The maximum atomic E-state index is 13.3. The van der Waals surface area contributed by atoms with Crippen molar-refractivity contribution in [3.63, 3.8) is 0 Å². The van der Waals surface area contributed by atoms with Crippen molar-refractivity contribution in [3.8, 4) is 0 Å². The van der Waals surface area contributed by atoms with Crippen molar-refractivity contribution < 1.29 is 26.3 Å². The van der Waals surface area contributed by atoms with Crippen LogP contribution >= 0.6 is 0 Å². The summed E-state index contributed by atoms with van der Waals surface area (Å²) in [4.78, 5) is 0. The molecule has 1 rings (SSSR count). The Balaban J connectivity index is 2.75. The number of hydrogen-bond donors (Lipinski definition) is 1. The predicted octanol–water partition coefficient (Wildman–Crippen LogP) is 3.52. The van der Waals surface area contributed by atoms with Gasteiger partial charge in [-0.05, 0) is 19.1 Å². The highest BCUT2D eigenvalue weighted by Crippen LogP contribution is 2.25. The van der Waals surface area contributed by atoms with Gasteiger partial charge in [-0.2, -0.15) is 8.78 Å². The second-order valence-corrected chi connectivity index (χ2v) is 3.80. The Kier molecular flexibility index (Phi) is 4.61. The van der Waals surface area contributed by atoms with Crippen molar-refractivity contribution in [3.05, 3.63) is 35.4 Å². The first-order chi connectivity index (χ1) is 8.25. The van der Waals surface area contributed by atoms with Crippen LogP contribution < -0.4 is 5.32 Å². The lowest BCUT2D eigenvalue weighted by atomic mass is 10.1. The van der Waals surface area contributed by atoms with Crippen molar-refractivity contribution in [1.29, 1.82) is 0 Å². The quantitative estimate of drug-likeness (QED) is 0.808. The summed E-state index contributed by atoms with van der Waals surface area (Å²) < 4.78 is 75.5. The van der Waals surface area contributed by atoms with Crippen molar-refractivity contribution in [2.75, 3.05) is 6.54 Å². The number of alkyl halides is 4. The molecule has 1 N–H and O–H groups in total. The molecule has 1 atom stereocenters. The summed E-state index contributed by atoms with van der Waals surface area (Å²) in [6.45, 7) is -0.150. The first-order valence-corrected chi connectivity index (χ1v) is 5.09. The fourth-order valence-corrected chi connectivity index (χ4v) is 1.39. The Bertz CT molecular complexity index is 386. The highest BCUT2D eigenvalue weighted by atomic mass is 19.3. The summed E-state index contributed by atoms with van der Waals surface area (Å²) >= 11 is 0. The first kappa shape index (κ1) is 14.8. The largest absolute Gasteiger partial charge is 0.319 e. The molecule has 1 unspecified atom stereocenters. The van der Waals surface area contributed by atoms with Gasteiger partial charge in [0.2, 0.25) is 0 Å². The highest BCUT2D eigenvalue weighted by Gasteiger charge is 2.40. The van der Waals surface area contributed by atoms with Crippen LogP contribution in [0, 0.1) is 11.6 Å². The minimum absolute atomic E-state index is 0.456. The normalized spacial score (nSPS) is 14.0. The van der Waals surface area contributed by atoms with E-state index >= 15 is 0 Å². The lowest BCUT2D eigenvalue weighted by Crippen LogP contribution is -2.40. The molecular formula is C11H11F6N. The van der Waals surface area contributed by atoms with E-state index in [9.17, 15) is 26.3 Å². The molecule has 0 heterocycles. The van der Waals surface area contributed by atoms with E-state index in [1.807, 2.05) is 5.32 Å². The van der Waals surface area contributed by atoms with E-state index in [1.54, 1.807) is 0 Å². The molecule has 0 bridgehead atoms. The molecule has 1 aromatic rings. The third-order valence-electron chi connectivity index (χ3n) is 2.40. The first-order valence-electron chi connectivity index (χ1n) is 5.09. The molecule has 0 aromatic heterocycles. The average Bonchev–Trinajstić information content (AvgIpc) is 2.26. The molecular weight excluding hydrogens is 260 g/mol. The van der Waals surface area contributed by atoms with E-state index in [2.05, 4.69) is 0 Å². The zero-order valence-corrected chi connectivity index (χ0v) is 9.36. The second kappa shape index (κ2) is 5.60. The van der Waals surface area contributed by atoms with Crippen molar-refractivity contribution in [1.82, 2.24) is 5.32 Å².